The Morgan fingerprint density at radius 1 is 0.368 bits per heavy atom. The lowest BCUT2D eigenvalue weighted by atomic mass is 10.0. The highest BCUT2D eigenvalue weighted by molar-refractivity contribution is 7.98. The number of guanidine groups is 1. The number of carbonyl (C=O) groups excluding carboxylic acids is 19. The van der Waals surface area contributed by atoms with E-state index < -0.39 is 309 Å². The fraction of sp³-hybridized carbons (Fsp3) is 0.724. The first-order chi connectivity index (χ1) is 67.9. The molecule has 19 atom stereocenters. The maximum Gasteiger partial charge on any atom is 0.326 e. The van der Waals surface area contributed by atoms with E-state index in [-0.39, 0.29) is 180 Å². The molecule has 0 radical (unpaired) electrons. The number of unbranched alkanes of at least 4 members (excludes halogenated alkanes) is 3. The zero-order valence-electron chi connectivity index (χ0n) is 82.0. The lowest BCUT2D eigenvalue weighted by Crippen LogP contribution is -2.61. The van der Waals surface area contributed by atoms with Crippen LogP contribution in [0.4, 0.5) is 0 Å². The van der Waals surface area contributed by atoms with Gasteiger partial charge in [0.1, 0.15) is 103 Å². The van der Waals surface area contributed by atoms with E-state index in [0.29, 0.717) is 12.8 Å². The van der Waals surface area contributed by atoms with E-state index in [1.807, 2.05) is 5.32 Å². The van der Waals surface area contributed by atoms with Crippen molar-refractivity contribution in [1.29, 1.82) is 0 Å². The number of thioether (sulfide) groups is 1. The summed E-state index contributed by atoms with van der Waals surface area (Å²) in [4.78, 5) is 320. The van der Waals surface area contributed by atoms with Crippen LogP contribution in [0, 0.1) is 5.92 Å². The second-order valence-corrected chi connectivity index (χ2v) is 36.7. The highest BCUT2D eigenvalue weighted by atomic mass is 32.2. The number of aliphatic hydroxyl groups is 3. The smallest absolute Gasteiger partial charge is 0.326 e. The number of hydrogen-bond acceptors (Lipinski definition) is 32. The fourth-order valence-corrected chi connectivity index (χ4v) is 16.7. The molecule has 57 heteroatoms. The molecular formula is C87H148N26O30S. The zero-order chi connectivity index (χ0) is 108. The van der Waals surface area contributed by atoms with E-state index in [1.54, 1.807) is 20.1 Å². The Morgan fingerprint density at radius 2 is 0.674 bits per heavy atom. The number of likely N-dealkylation sites (tertiary alicyclic amines) is 4. The standard InChI is InChI=1S/C85H144N26O28S.C2H4O2/c1-43(2)65(106-67(121)44(3)89)78(132)100-49(25-27-61(90)115)71(125)104-55(41-112)75(129)101-52(19-8-11-32-88)80(134)110-36-15-23-59(110)82(136)109-35-14-22-58(109)77(131)105-56(42-113)74(128)96-46(17-6-9-30-86)68(122)95-48(20-12-33-94-85(92)93)70(124)102-53(39-63(117)118)81(135)111-37-16-24-60(111)83(137)108-34-13-21-57(108)76(130)99-47(18-7-10-31-87)69(123)98-51(29-38-140-5)72(126)97-50(26-28-62(91)116)73(127)107-66(45(4)114)79(133)103-54(84(138)139)40-64(119)120;1-2(3)4/h43-60,65-66,112-114H,6-42,86-89H2,1-5H3,(H2,90,115)(H2,91,116)(H,95,122)(H,96,128)(H,97,126)(H,98,123)(H,99,130)(H,100,132)(H,101,129)(H,102,124)(H,103,133)(H,104,125)(H,105,131)(H,106,121)(H,107,127)(H,117,118)(H,119,120)(H,138,139)(H4,92,93,94);1H3,(H,3,4)/t44-,45+,46-,47-,48-,49-,50-,51-,52-,53-,54-,55-,56-,57-,58-,59-,60-,65-,66-;/m0./s1. The van der Waals surface area contributed by atoms with E-state index in [1.165, 1.54) is 33.4 Å². The SMILES string of the molecule is CC(=O)O.CSCC[C@H](NC(=O)[C@H](CCCCN)NC(=O)[C@@H]1CCCN1C(=O)[C@@H]1CCCN1C(=O)[C@H](CC(=O)O)NC(=O)[C@H](CCCN=C(N)N)NC(=O)[C@H](CCCCN)NC(=O)[C@H](CO)NC(=O)[C@@H]1CCCN1C(=O)[C@@H]1CCCN1C(=O)[C@H](CCCCN)NC(=O)[C@H](CO)NC(=O)[C@H](CCC(N)=O)NC(=O)[C@@H](NC(=O)[C@H](C)N)C(C)C)C(=O)N[C@@H](CCC(N)=O)C(=O)N[C@H](C(=O)N[C@@H](CC(=O)O)C(=O)O)[C@@H](C)O. The van der Waals surface area contributed by atoms with Crippen molar-refractivity contribution in [1.82, 2.24) is 88.7 Å². The van der Waals surface area contributed by atoms with Crippen molar-refractivity contribution in [3.8, 4) is 0 Å². The molecule has 0 aliphatic carbocycles. The third kappa shape index (κ3) is 42.6. The lowest BCUT2D eigenvalue weighted by Gasteiger charge is -2.33. The minimum absolute atomic E-state index is 0.0133. The quantitative estimate of drug-likeness (QED) is 0.0153. The number of nitrogens with zero attached hydrogens (tertiary/aromatic N) is 5. The second-order valence-electron chi connectivity index (χ2n) is 35.7. The van der Waals surface area contributed by atoms with Gasteiger partial charge in [-0.2, -0.15) is 11.8 Å². The van der Waals surface area contributed by atoms with Gasteiger partial charge in [-0.3, -0.25) is 110 Å². The molecule has 56 nitrogen and oxygen atoms in total. The first kappa shape index (κ1) is 125. The Morgan fingerprint density at radius 3 is 1.05 bits per heavy atom. The molecule has 0 aromatic heterocycles. The van der Waals surface area contributed by atoms with Crippen molar-refractivity contribution in [2.24, 2.45) is 56.8 Å². The van der Waals surface area contributed by atoms with Crippen LogP contribution < -0.4 is 115 Å². The number of primary amides is 2. The maximum atomic E-state index is 14.9. The summed E-state index contributed by atoms with van der Waals surface area (Å²) in [6.07, 6.45) is -2.63. The monoisotopic (exact) mass is 2070 g/mol. The van der Waals surface area contributed by atoms with E-state index in [0.717, 1.165) is 18.7 Å². The lowest BCUT2D eigenvalue weighted by molar-refractivity contribution is -0.150. The molecule has 4 saturated heterocycles. The highest BCUT2D eigenvalue weighted by Gasteiger charge is 2.49. The van der Waals surface area contributed by atoms with Crippen LogP contribution in [0.25, 0.3) is 0 Å². The number of rotatable bonds is 64. The highest BCUT2D eigenvalue weighted by Crippen LogP contribution is 2.30. The summed E-state index contributed by atoms with van der Waals surface area (Å²) in [6.45, 7) is 4.49. The molecular weight excluding hydrogens is 1920 g/mol. The molecule has 4 aliphatic heterocycles. The molecule has 812 valence electrons. The number of aliphatic hydroxyl groups excluding tert-OH is 3. The fourth-order valence-electron chi connectivity index (χ4n) is 16.2. The number of carboxylic acid groups (broad SMARTS) is 4. The van der Waals surface area contributed by atoms with Crippen molar-refractivity contribution in [2.45, 2.75) is 316 Å². The minimum atomic E-state index is -2.01. The first-order valence-electron chi connectivity index (χ1n) is 47.8. The van der Waals surface area contributed by atoms with Gasteiger partial charge in [0.25, 0.3) is 5.97 Å². The van der Waals surface area contributed by atoms with Gasteiger partial charge in [-0.05, 0) is 193 Å². The van der Waals surface area contributed by atoms with Gasteiger partial charge in [0, 0.05) is 52.5 Å². The van der Waals surface area contributed by atoms with Gasteiger partial charge in [0.05, 0.1) is 38.2 Å². The number of aliphatic imine (C=N–C) groups is 1. The van der Waals surface area contributed by atoms with E-state index in [2.05, 4.69) is 68.8 Å². The van der Waals surface area contributed by atoms with Crippen LogP contribution in [0.2, 0.25) is 0 Å². The Labute approximate surface area is 835 Å². The van der Waals surface area contributed by atoms with Crippen LogP contribution in [0.5, 0.6) is 0 Å². The van der Waals surface area contributed by atoms with Gasteiger partial charge >= 0.3 is 17.9 Å². The van der Waals surface area contributed by atoms with Gasteiger partial charge in [0.15, 0.2) is 5.96 Å². The predicted octanol–water partition coefficient (Wildman–Crippen LogP) is -11.5. The summed E-state index contributed by atoms with van der Waals surface area (Å²) in [5.41, 5.74) is 45.1. The molecule has 36 N–H and O–H groups in total. The number of nitrogens with one attached hydrogen (secondary N) is 13. The molecule has 0 spiro atoms. The van der Waals surface area contributed by atoms with Crippen LogP contribution in [0.3, 0.4) is 0 Å². The van der Waals surface area contributed by atoms with E-state index in [9.17, 15) is 136 Å². The summed E-state index contributed by atoms with van der Waals surface area (Å²) in [6, 6.07) is -28.0. The van der Waals surface area contributed by atoms with Gasteiger partial charge in [0.2, 0.25) is 112 Å². The number of aliphatic carboxylic acids is 4. The number of amides is 19. The van der Waals surface area contributed by atoms with Gasteiger partial charge in [-0.25, -0.2) is 4.79 Å². The molecule has 4 aliphatic rings. The Bertz CT molecular complexity index is 4430. The normalized spacial score (nSPS) is 18.5. The number of carbonyl (C=O) groups is 23. The number of carboxylic acids is 4. The van der Waals surface area contributed by atoms with Crippen molar-refractivity contribution in [3.63, 3.8) is 0 Å². The molecule has 0 aromatic carbocycles. The number of hydrogen-bond donors (Lipinski definition) is 28. The van der Waals surface area contributed by atoms with E-state index in [4.69, 9.17) is 55.8 Å². The van der Waals surface area contributed by atoms with Crippen LogP contribution in [-0.4, -0.2) is 390 Å². The summed E-state index contributed by atoms with van der Waals surface area (Å²) in [7, 11) is 0. The topological polar surface area (TPSA) is 924 Å². The van der Waals surface area contributed by atoms with Crippen LogP contribution in [-0.2, 0) is 110 Å². The third-order valence-electron chi connectivity index (χ3n) is 23.8. The molecule has 0 bridgehead atoms. The first-order valence-corrected chi connectivity index (χ1v) is 49.2. The summed E-state index contributed by atoms with van der Waals surface area (Å²) in [5.74, 6) is -25.1. The zero-order valence-corrected chi connectivity index (χ0v) is 82.8. The Hall–Kier alpha value is -12.8. The average Bonchev–Trinajstić information content (AvgIpc) is 1.64. The van der Waals surface area contributed by atoms with Gasteiger partial charge in [-0.15, -0.1) is 0 Å². The molecule has 0 aromatic rings. The third-order valence-corrected chi connectivity index (χ3v) is 24.5. The number of nitrogens with two attached hydrogens (primary N) is 8. The minimum Gasteiger partial charge on any atom is -0.481 e. The maximum absolute atomic E-state index is 14.9. The Kier molecular flexibility index (Phi) is 56.3. The molecule has 0 unspecified atom stereocenters. The molecule has 4 heterocycles. The summed E-state index contributed by atoms with van der Waals surface area (Å²) in [5, 5.41) is 99.8. The van der Waals surface area contributed by atoms with Crippen molar-refractivity contribution in [2.75, 3.05) is 77.6 Å². The van der Waals surface area contributed by atoms with Crippen LogP contribution >= 0.6 is 11.8 Å². The largest absolute Gasteiger partial charge is 0.481 e. The van der Waals surface area contributed by atoms with Crippen molar-refractivity contribution in [3.05, 3.63) is 0 Å². The summed E-state index contributed by atoms with van der Waals surface area (Å²) < 4.78 is 0. The molecule has 0 saturated carbocycles. The second kappa shape index (κ2) is 64.7. The average molecular weight is 2070 g/mol. The van der Waals surface area contributed by atoms with Crippen LogP contribution in [0.15, 0.2) is 4.99 Å². The van der Waals surface area contributed by atoms with Crippen LogP contribution in [0.1, 0.15) is 202 Å². The van der Waals surface area contributed by atoms with Gasteiger partial charge in [-0.1, -0.05) is 13.8 Å². The van der Waals surface area contributed by atoms with Crippen molar-refractivity contribution >= 4 is 154 Å². The molecule has 4 fully saturated rings. The summed E-state index contributed by atoms with van der Waals surface area (Å²) >= 11 is 1.24. The van der Waals surface area contributed by atoms with E-state index >= 15 is 0 Å². The molecule has 19 amide bonds. The molecule has 144 heavy (non-hydrogen) atoms. The Balaban J connectivity index is 0.0000131. The molecule has 4 rings (SSSR count). The van der Waals surface area contributed by atoms with Crippen molar-refractivity contribution < 1.29 is 146 Å². The predicted molar refractivity (Wildman–Crippen MR) is 512 cm³/mol. The van der Waals surface area contributed by atoms with Gasteiger partial charge < -0.3 is 170 Å².